The Morgan fingerprint density at radius 2 is 1.35 bits per heavy atom. The molecule has 0 unspecified atom stereocenters. The molecule has 0 aromatic heterocycles. The maximum absolute atomic E-state index is 10.6. The third kappa shape index (κ3) is 3.45. The third-order valence-corrected chi connectivity index (χ3v) is 2.98. The van der Waals surface area contributed by atoms with Gasteiger partial charge in [-0.1, -0.05) is 24.3 Å². The van der Waals surface area contributed by atoms with Crippen LogP contribution in [0.15, 0.2) is 48.5 Å². The highest BCUT2D eigenvalue weighted by atomic mass is 16.6. The molecule has 0 spiro atoms. The van der Waals surface area contributed by atoms with Crippen LogP contribution in [0.25, 0.3) is 12.2 Å². The summed E-state index contributed by atoms with van der Waals surface area (Å²) in [5, 5.41) is 10.6. The lowest BCUT2D eigenvalue weighted by atomic mass is 10.1. The Hall–Kier alpha value is -2.62. The molecule has 0 N–H and O–H groups in total. The minimum absolute atomic E-state index is 0.109. The molecule has 0 aliphatic heterocycles. The van der Waals surface area contributed by atoms with E-state index in [1.165, 1.54) is 12.1 Å². The van der Waals surface area contributed by atoms with Crippen LogP contribution in [0.3, 0.4) is 0 Å². The molecule has 0 amide bonds. The number of benzene rings is 2. The molecule has 0 saturated carbocycles. The lowest BCUT2D eigenvalue weighted by Gasteiger charge is -2.11. The summed E-state index contributed by atoms with van der Waals surface area (Å²) in [6.07, 6.45) is 3.93. The van der Waals surface area contributed by atoms with Crippen LogP contribution < -0.4 is 4.90 Å². The number of hydrogen-bond acceptors (Lipinski definition) is 3. The van der Waals surface area contributed by atoms with E-state index < -0.39 is 4.92 Å². The van der Waals surface area contributed by atoms with E-state index in [4.69, 9.17) is 0 Å². The fourth-order valence-corrected chi connectivity index (χ4v) is 1.78. The fourth-order valence-electron chi connectivity index (χ4n) is 1.78. The highest BCUT2D eigenvalue weighted by Gasteiger charge is 2.02. The molecule has 0 radical (unpaired) electrons. The van der Waals surface area contributed by atoms with E-state index >= 15 is 0 Å². The van der Waals surface area contributed by atoms with Gasteiger partial charge < -0.3 is 4.90 Å². The van der Waals surface area contributed by atoms with Crippen LogP contribution in [0.2, 0.25) is 0 Å². The monoisotopic (exact) mass is 268 g/mol. The van der Waals surface area contributed by atoms with E-state index in [0.717, 1.165) is 16.8 Å². The Labute approximate surface area is 118 Å². The molecule has 0 aliphatic carbocycles. The largest absolute Gasteiger partial charge is 0.378 e. The van der Waals surface area contributed by atoms with Gasteiger partial charge in [0.2, 0.25) is 0 Å². The molecule has 0 fully saturated rings. The van der Waals surface area contributed by atoms with Crippen molar-refractivity contribution in [2.24, 2.45) is 0 Å². The zero-order valence-electron chi connectivity index (χ0n) is 11.5. The molecule has 0 aliphatic rings. The van der Waals surface area contributed by atoms with Crippen molar-refractivity contribution in [3.8, 4) is 0 Å². The summed E-state index contributed by atoms with van der Waals surface area (Å²) >= 11 is 0. The maximum atomic E-state index is 10.6. The lowest BCUT2D eigenvalue weighted by Crippen LogP contribution is -2.07. The third-order valence-electron chi connectivity index (χ3n) is 2.98. The second kappa shape index (κ2) is 6.02. The van der Waals surface area contributed by atoms with Crippen molar-refractivity contribution >= 4 is 23.5 Å². The van der Waals surface area contributed by atoms with E-state index in [9.17, 15) is 10.1 Å². The molecule has 2 aromatic carbocycles. The van der Waals surface area contributed by atoms with Crippen LogP contribution in [0.4, 0.5) is 11.4 Å². The Morgan fingerprint density at radius 1 is 0.900 bits per heavy atom. The second-order valence-corrected chi connectivity index (χ2v) is 4.67. The standard InChI is InChI=1S/C16H16N2O2/c1-17(2)15-9-5-13(6-10-15)3-4-14-7-11-16(12-8-14)18(19)20/h3-12H,1-2H3/b4-3-. The number of nitrogens with zero attached hydrogens (tertiary/aromatic N) is 2. The molecular formula is C16H16N2O2. The van der Waals surface area contributed by atoms with Crippen molar-refractivity contribution < 1.29 is 4.92 Å². The summed E-state index contributed by atoms with van der Waals surface area (Å²) < 4.78 is 0. The topological polar surface area (TPSA) is 46.4 Å². The summed E-state index contributed by atoms with van der Waals surface area (Å²) in [6, 6.07) is 14.7. The molecule has 102 valence electrons. The average molecular weight is 268 g/mol. The van der Waals surface area contributed by atoms with Gasteiger partial charge in [-0.05, 0) is 35.4 Å². The Morgan fingerprint density at radius 3 is 1.75 bits per heavy atom. The highest BCUT2D eigenvalue weighted by Crippen LogP contribution is 2.16. The summed E-state index contributed by atoms with van der Waals surface area (Å²) in [7, 11) is 4.00. The molecule has 4 nitrogen and oxygen atoms in total. The van der Waals surface area contributed by atoms with Gasteiger partial charge in [-0.25, -0.2) is 0 Å². The fraction of sp³-hybridized carbons (Fsp3) is 0.125. The molecule has 4 heteroatoms. The summed E-state index contributed by atoms with van der Waals surface area (Å²) in [5.41, 5.74) is 3.29. The van der Waals surface area contributed by atoms with Crippen LogP contribution in [-0.2, 0) is 0 Å². The lowest BCUT2D eigenvalue weighted by molar-refractivity contribution is -0.384. The Balaban J connectivity index is 2.10. The van der Waals surface area contributed by atoms with Crippen LogP contribution in [0.5, 0.6) is 0 Å². The SMILES string of the molecule is CN(C)c1ccc(/C=C\c2ccc([N+](=O)[O-])cc2)cc1. The van der Waals surface area contributed by atoms with Crippen LogP contribution >= 0.6 is 0 Å². The van der Waals surface area contributed by atoms with Gasteiger partial charge in [0.1, 0.15) is 0 Å². The molecule has 20 heavy (non-hydrogen) atoms. The molecule has 0 atom stereocenters. The highest BCUT2D eigenvalue weighted by molar-refractivity contribution is 5.70. The minimum Gasteiger partial charge on any atom is -0.378 e. The van der Waals surface area contributed by atoms with Gasteiger partial charge in [-0.15, -0.1) is 0 Å². The average Bonchev–Trinajstić information content (AvgIpc) is 2.46. The zero-order valence-corrected chi connectivity index (χ0v) is 11.5. The van der Waals surface area contributed by atoms with Gasteiger partial charge in [0.25, 0.3) is 5.69 Å². The molecule has 2 aromatic rings. The molecule has 0 bridgehead atoms. The molecular weight excluding hydrogens is 252 g/mol. The Bertz CT molecular complexity index is 614. The normalized spacial score (nSPS) is 10.7. The number of hydrogen-bond donors (Lipinski definition) is 0. The van der Waals surface area contributed by atoms with Gasteiger partial charge in [0.05, 0.1) is 4.92 Å². The van der Waals surface area contributed by atoms with E-state index in [1.807, 2.05) is 43.3 Å². The first-order valence-corrected chi connectivity index (χ1v) is 6.26. The van der Waals surface area contributed by atoms with Gasteiger partial charge in [0.15, 0.2) is 0 Å². The van der Waals surface area contributed by atoms with Crippen molar-refractivity contribution in [1.29, 1.82) is 0 Å². The van der Waals surface area contributed by atoms with Crippen molar-refractivity contribution in [3.63, 3.8) is 0 Å². The first-order valence-electron chi connectivity index (χ1n) is 6.26. The van der Waals surface area contributed by atoms with E-state index in [0.29, 0.717) is 0 Å². The maximum Gasteiger partial charge on any atom is 0.269 e. The van der Waals surface area contributed by atoms with Crippen LogP contribution in [-0.4, -0.2) is 19.0 Å². The quantitative estimate of drug-likeness (QED) is 0.481. The number of non-ortho nitro benzene ring substituents is 1. The van der Waals surface area contributed by atoms with E-state index in [2.05, 4.69) is 12.1 Å². The smallest absolute Gasteiger partial charge is 0.269 e. The minimum atomic E-state index is -0.395. The number of nitro groups is 1. The van der Waals surface area contributed by atoms with E-state index in [-0.39, 0.29) is 5.69 Å². The number of rotatable bonds is 4. The summed E-state index contributed by atoms with van der Waals surface area (Å²) in [4.78, 5) is 12.2. The van der Waals surface area contributed by atoms with Crippen molar-refractivity contribution in [1.82, 2.24) is 0 Å². The predicted molar refractivity (Wildman–Crippen MR) is 82.8 cm³/mol. The second-order valence-electron chi connectivity index (χ2n) is 4.67. The predicted octanol–water partition coefficient (Wildman–Crippen LogP) is 3.83. The van der Waals surface area contributed by atoms with Crippen LogP contribution in [0.1, 0.15) is 11.1 Å². The number of anilines is 1. The molecule has 0 saturated heterocycles. The van der Waals surface area contributed by atoms with Crippen molar-refractivity contribution in [3.05, 3.63) is 69.8 Å². The van der Waals surface area contributed by atoms with Gasteiger partial charge >= 0.3 is 0 Å². The first kappa shape index (κ1) is 13.8. The molecule has 2 rings (SSSR count). The van der Waals surface area contributed by atoms with Gasteiger partial charge in [-0.2, -0.15) is 0 Å². The first-order chi connectivity index (χ1) is 9.56. The summed E-state index contributed by atoms with van der Waals surface area (Å²) in [5.74, 6) is 0. The van der Waals surface area contributed by atoms with Crippen molar-refractivity contribution in [2.75, 3.05) is 19.0 Å². The van der Waals surface area contributed by atoms with Gasteiger partial charge in [-0.3, -0.25) is 10.1 Å². The number of nitro benzene ring substituents is 1. The van der Waals surface area contributed by atoms with Gasteiger partial charge in [0, 0.05) is 31.9 Å². The van der Waals surface area contributed by atoms with Crippen LogP contribution in [0, 0.1) is 10.1 Å². The van der Waals surface area contributed by atoms with E-state index in [1.54, 1.807) is 12.1 Å². The zero-order chi connectivity index (χ0) is 14.5. The summed E-state index contributed by atoms with van der Waals surface area (Å²) in [6.45, 7) is 0. The van der Waals surface area contributed by atoms with Crippen molar-refractivity contribution in [2.45, 2.75) is 0 Å². The molecule has 0 heterocycles. The Kier molecular flexibility index (Phi) is 4.15.